The summed E-state index contributed by atoms with van der Waals surface area (Å²) in [5.74, 6) is 0.529. The second kappa shape index (κ2) is 5.62. The van der Waals surface area contributed by atoms with Gasteiger partial charge in [-0.2, -0.15) is 5.10 Å². The van der Waals surface area contributed by atoms with Crippen LogP contribution in [0.2, 0.25) is 0 Å². The van der Waals surface area contributed by atoms with E-state index in [0.29, 0.717) is 24.7 Å². The van der Waals surface area contributed by atoms with Crippen LogP contribution in [0.4, 0.5) is 0 Å². The summed E-state index contributed by atoms with van der Waals surface area (Å²) in [5.41, 5.74) is 2.54. The molecule has 0 unspecified atom stereocenters. The highest BCUT2D eigenvalue weighted by atomic mass is 16.3. The van der Waals surface area contributed by atoms with Crippen molar-refractivity contribution in [1.29, 1.82) is 0 Å². The zero-order valence-electron chi connectivity index (χ0n) is 14.1. The number of aromatic nitrogens is 2. The summed E-state index contributed by atoms with van der Waals surface area (Å²) in [6, 6.07) is 0. The Morgan fingerprint density at radius 1 is 1.17 bits per heavy atom. The average Bonchev–Trinajstić information content (AvgIpc) is 2.83. The Kier molecular flexibility index (Phi) is 3.71. The number of hydrogen-bond donors (Lipinski definition) is 1. The van der Waals surface area contributed by atoms with Gasteiger partial charge in [0.25, 0.3) is 5.91 Å². The minimum Gasteiger partial charge on any atom is -0.389 e. The van der Waals surface area contributed by atoms with Crippen LogP contribution in [0.3, 0.4) is 0 Å². The summed E-state index contributed by atoms with van der Waals surface area (Å²) >= 11 is 0. The molecule has 3 aliphatic rings. The third-order valence-corrected chi connectivity index (χ3v) is 6.35. The van der Waals surface area contributed by atoms with E-state index in [-0.39, 0.29) is 5.91 Å². The van der Waals surface area contributed by atoms with E-state index in [1.165, 1.54) is 24.1 Å². The average molecular weight is 317 g/mol. The molecule has 2 heterocycles. The number of likely N-dealkylation sites (tertiary alicyclic amines) is 1. The van der Waals surface area contributed by atoms with Crippen LogP contribution in [0.15, 0.2) is 0 Å². The van der Waals surface area contributed by atoms with E-state index < -0.39 is 5.60 Å². The molecule has 126 valence electrons. The second-order valence-electron chi connectivity index (χ2n) is 7.63. The molecule has 23 heavy (non-hydrogen) atoms. The van der Waals surface area contributed by atoms with Gasteiger partial charge < -0.3 is 10.0 Å². The summed E-state index contributed by atoms with van der Waals surface area (Å²) in [7, 11) is 1.95. The van der Waals surface area contributed by atoms with Crippen LogP contribution in [0.1, 0.15) is 66.7 Å². The van der Waals surface area contributed by atoms with Gasteiger partial charge in [-0.15, -0.1) is 0 Å². The number of aryl methyl sites for hydroxylation is 1. The normalized spacial score (nSPS) is 24.2. The summed E-state index contributed by atoms with van der Waals surface area (Å²) in [6.07, 6.45) is 9.35. The molecule has 0 bridgehead atoms. The molecule has 2 fully saturated rings. The van der Waals surface area contributed by atoms with Gasteiger partial charge in [-0.05, 0) is 57.3 Å². The summed E-state index contributed by atoms with van der Waals surface area (Å²) < 4.78 is 1.90. The Morgan fingerprint density at radius 2 is 1.87 bits per heavy atom. The number of nitrogens with zero attached hydrogens (tertiary/aromatic N) is 3. The van der Waals surface area contributed by atoms with Crippen molar-refractivity contribution >= 4 is 5.91 Å². The number of carbonyl (C=O) groups is 1. The lowest BCUT2D eigenvalue weighted by molar-refractivity contribution is -0.0862. The molecule has 5 heteroatoms. The fourth-order valence-corrected chi connectivity index (χ4v) is 4.54. The van der Waals surface area contributed by atoms with E-state index in [1.54, 1.807) is 0 Å². The molecule has 1 N–H and O–H groups in total. The number of hydrogen-bond acceptors (Lipinski definition) is 3. The van der Waals surface area contributed by atoms with Crippen LogP contribution < -0.4 is 0 Å². The minimum atomic E-state index is -0.529. The molecular formula is C18H27N3O2. The molecule has 5 nitrogen and oxygen atoms in total. The molecule has 2 aliphatic carbocycles. The first-order chi connectivity index (χ1) is 11.1. The predicted octanol–water partition coefficient (Wildman–Crippen LogP) is 2.07. The molecule has 1 saturated heterocycles. The number of fused-ring (bicyclic) bond motifs is 1. The van der Waals surface area contributed by atoms with Crippen molar-refractivity contribution in [3.05, 3.63) is 17.0 Å². The maximum atomic E-state index is 12.9. The van der Waals surface area contributed by atoms with Gasteiger partial charge in [0, 0.05) is 31.4 Å². The maximum absolute atomic E-state index is 12.9. The molecule has 0 spiro atoms. The molecule has 1 amide bonds. The first kappa shape index (κ1) is 15.2. The Labute approximate surface area is 137 Å². The highest BCUT2D eigenvalue weighted by Gasteiger charge is 2.43. The van der Waals surface area contributed by atoms with E-state index in [9.17, 15) is 9.90 Å². The van der Waals surface area contributed by atoms with Crippen molar-refractivity contribution < 1.29 is 9.90 Å². The van der Waals surface area contributed by atoms with E-state index in [4.69, 9.17) is 0 Å². The summed E-state index contributed by atoms with van der Waals surface area (Å²) in [6.45, 7) is 1.33. The van der Waals surface area contributed by atoms with Gasteiger partial charge in [0.2, 0.25) is 0 Å². The molecule has 0 radical (unpaired) electrons. The molecule has 1 saturated carbocycles. The molecule has 0 aromatic carbocycles. The molecular weight excluding hydrogens is 290 g/mol. The third-order valence-electron chi connectivity index (χ3n) is 6.35. The minimum absolute atomic E-state index is 0.0689. The van der Waals surface area contributed by atoms with Crippen LogP contribution in [0.25, 0.3) is 0 Å². The summed E-state index contributed by atoms with van der Waals surface area (Å²) in [4.78, 5) is 14.8. The van der Waals surface area contributed by atoms with E-state index >= 15 is 0 Å². The van der Waals surface area contributed by atoms with Gasteiger partial charge in [0.15, 0.2) is 5.69 Å². The molecule has 1 aromatic heterocycles. The van der Waals surface area contributed by atoms with Crippen LogP contribution in [-0.4, -0.2) is 44.4 Å². The van der Waals surface area contributed by atoms with Gasteiger partial charge in [-0.3, -0.25) is 9.48 Å². The third kappa shape index (κ3) is 2.49. The summed E-state index contributed by atoms with van der Waals surface area (Å²) in [5, 5.41) is 15.3. The zero-order chi connectivity index (χ0) is 16.0. The van der Waals surface area contributed by atoms with Crippen LogP contribution in [-0.2, 0) is 19.9 Å². The van der Waals surface area contributed by atoms with Crippen molar-refractivity contribution in [2.45, 2.75) is 63.4 Å². The monoisotopic (exact) mass is 317 g/mol. The van der Waals surface area contributed by atoms with Gasteiger partial charge in [-0.1, -0.05) is 6.42 Å². The van der Waals surface area contributed by atoms with Crippen molar-refractivity contribution in [3.8, 4) is 0 Å². The Hall–Kier alpha value is -1.36. The highest BCUT2D eigenvalue weighted by Crippen LogP contribution is 2.42. The van der Waals surface area contributed by atoms with Crippen LogP contribution in [0, 0.1) is 5.92 Å². The van der Waals surface area contributed by atoms with E-state index in [0.717, 1.165) is 44.9 Å². The lowest BCUT2D eigenvalue weighted by atomic mass is 9.69. The maximum Gasteiger partial charge on any atom is 0.274 e. The number of rotatable bonds is 2. The fourth-order valence-electron chi connectivity index (χ4n) is 4.54. The van der Waals surface area contributed by atoms with Crippen molar-refractivity contribution in [1.82, 2.24) is 14.7 Å². The van der Waals surface area contributed by atoms with Gasteiger partial charge in [-0.25, -0.2) is 0 Å². The van der Waals surface area contributed by atoms with Crippen molar-refractivity contribution in [2.75, 3.05) is 13.1 Å². The van der Waals surface area contributed by atoms with E-state index in [1.807, 2.05) is 16.6 Å². The van der Waals surface area contributed by atoms with Crippen LogP contribution in [0.5, 0.6) is 0 Å². The van der Waals surface area contributed by atoms with Gasteiger partial charge in [0.1, 0.15) is 0 Å². The first-order valence-corrected chi connectivity index (χ1v) is 9.15. The van der Waals surface area contributed by atoms with Crippen molar-refractivity contribution in [3.63, 3.8) is 0 Å². The molecule has 1 aromatic rings. The quantitative estimate of drug-likeness (QED) is 0.908. The predicted molar refractivity (Wildman–Crippen MR) is 87.3 cm³/mol. The molecule has 0 atom stereocenters. The Morgan fingerprint density at radius 3 is 2.52 bits per heavy atom. The van der Waals surface area contributed by atoms with E-state index in [2.05, 4.69) is 5.10 Å². The Bertz CT molecular complexity index is 610. The lowest BCUT2D eigenvalue weighted by Crippen LogP contribution is -2.52. The van der Waals surface area contributed by atoms with Crippen LogP contribution >= 0.6 is 0 Å². The lowest BCUT2D eigenvalue weighted by Gasteiger charge is -2.46. The number of carbonyl (C=O) groups excluding carboxylic acids is 1. The standard InChI is InChI=1S/C18H27N3O2/c1-20-15-8-3-2-7-14(15)16(19-20)17(22)21-11-9-18(23,10-12-21)13-5-4-6-13/h13,23H,2-12H2,1H3. The number of aliphatic hydroxyl groups is 1. The SMILES string of the molecule is Cn1nc(C(=O)N2CCC(O)(C3CCC3)CC2)c2c1CCCC2. The number of amides is 1. The smallest absolute Gasteiger partial charge is 0.274 e. The number of piperidine rings is 1. The second-order valence-corrected chi connectivity index (χ2v) is 7.63. The topological polar surface area (TPSA) is 58.4 Å². The fraction of sp³-hybridized carbons (Fsp3) is 0.778. The largest absolute Gasteiger partial charge is 0.389 e. The first-order valence-electron chi connectivity index (χ1n) is 9.15. The van der Waals surface area contributed by atoms with Gasteiger partial charge in [0.05, 0.1) is 5.60 Å². The zero-order valence-corrected chi connectivity index (χ0v) is 14.1. The van der Waals surface area contributed by atoms with Gasteiger partial charge >= 0.3 is 0 Å². The molecule has 4 rings (SSSR count). The molecule has 1 aliphatic heterocycles. The Balaban J connectivity index is 1.48. The van der Waals surface area contributed by atoms with Crippen molar-refractivity contribution in [2.24, 2.45) is 13.0 Å². The highest BCUT2D eigenvalue weighted by molar-refractivity contribution is 5.94.